The summed E-state index contributed by atoms with van der Waals surface area (Å²) >= 11 is 5.83. The van der Waals surface area contributed by atoms with Crippen molar-refractivity contribution < 1.29 is 12.9 Å². The van der Waals surface area contributed by atoms with Gasteiger partial charge in [-0.2, -0.15) is 9.29 Å². The molecule has 1 saturated heterocycles. The molecule has 25 heavy (non-hydrogen) atoms. The van der Waals surface area contributed by atoms with Gasteiger partial charge in [0, 0.05) is 37.6 Å². The third kappa shape index (κ3) is 4.38. The minimum atomic E-state index is -3.48. The Labute approximate surface area is 152 Å². The quantitative estimate of drug-likeness (QED) is 0.759. The zero-order valence-electron chi connectivity index (χ0n) is 14.1. The Morgan fingerprint density at radius 1 is 1.16 bits per heavy atom. The Morgan fingerprint density at radius 3 is 2.48 bits per heavy atom. The van der Waals surface area contributed by atoms with Crippen LogP contribution in [0.1, 0.15) is 25.1 Å². The van der Waals surface area contributed by atoms with Gasteiger partial charge in [0.2, 0.25) is 15.9 Å². The molecule has 2 heterocycles. The Kier molecular flexibility index (Phi) is 5.73. The molecule has 9 heteroatoms. The summed E-state index contributed by atoms with van der Waals surface area (Å²) in [5.41, 5.74) is 0. The number of nitrogens with zero attached hydrogens (tertiary/aromatic N) is 4. The summed E-state index contributed by atoms with van der Waals surface area (Å²) in [7, 11) is -3.48. The highest BCUT2D eigenvalue weighted by Crippen LogP contribution is 2.20. The topological polar surface area (TPSA) is 79.5 Å². The maximum Gasteiger partial charge on any atom is 0.243 e. The van der Waals surface area contributed by atoms with E-state index in [9.17, 15) is 8.42 Å². The van der Waals surface area contributed by atoms with Gasteiger partial charge in [-0.05, 0) is 30.7 Å². The number of halogens is 1. The number of rotatable bonds is 6. The van der Waals surface area contributed by atoms with Crippen molar-refractivity contribution in [2.45, 2.75) is 31.2 Å². The smallest absolute Gasteiger partial charge is 0.243 e. The first-order valence-corrected chi connectivity index (χ1v) is 10.1. The van der Waals surface area contributed by atoms with Crippen LogP contribution in [0.25, 0.3) is 0 Å². The lowest BCUT2D eigenvalue weighted by Crippen LogP contribution is -2.48. The SMILES string of the molecule is CCCc1noc(CN2CCN(S(=O)(=O)c3ccc(Cl)cc3)CC2)n1. The summed E-state index contributed by atoms with van der Waals surface area (Å²) in [5, 5.41) is 4.46. The van der Waals surface area contributed by atoms with Crippen LogP contribution in [-0.2, 0) is 23.0 Å². The van der Waals surface area contributed by atoms with Crippen LogP contribution in [-0.4, -0.2) is 53.9 Å². The molecule has 0 bridgehead atoms. The molecule has 1 aromatic carbocycles. The molecule has 0 N–H and O–H groups in total. The Balaban J connectivity index is 1.58. The number of hydrogen-bond donors (Lipinski definition) is 0. The molecule has 7 nitrogen and oxygen atoms in total. The molecule has 3 rings (SSSR count). The zero-order valence-corrected chi connectivity index (χ0v) is 15.6. The van der Waals surface area contributed by atoms with Crippen LogP contribution in [0.5, 0.6) is 0 Å². The highest BCUT2D eigenvalue weighted by Gasteiger charge is 2.29. The molecular formula is C16H21ClN4O3S. The average Bonchev–Trinajstić information content (AvgIpc) is 3.03. The second-order valence-corrected chi connectivity index (χ2v) is 8.36. The summed E-state index contributed by atoms with van der Waals surface area (Å²) < 4.78 is 32.1. The molecule has 1 aliphatic heterocycles. The van der Waals surface area contributed by atoms with E-state index in [1.54, 1.807) is 12.1 Å². The molecule has 1 fully saturated rings. The van der Waals surface area contributed by atoms with Crippen LogP contribution in [0.2, 0.25) is 5.02 Å². The van der Waals surface area contributed by atoms with E-state index in [4.69, 9.17) is 16.1 Å². The standard InChI is InChI=1S/C16H21ClN4O3S/c1-2-3-15-18-16(24-19-15)12-20-8-10-21(11-9-20)25(22,23)14-6-4-13(17)5-7-14/h4-7H,2-3,8-12H2,1H3. The molecule has 0 unspecified atom stereocenters. The second-order valence-electron chi connectivity index (χ2n) is 5.99. The predicted molar refractivity (Wildman–Crippen MR) is 93.8 cm³/mol. The van der Waals surface area contributed by atoms with Gasteiger partial charge in [0.1, 0.15) is 0 Å². The third-order valence-corrected chi connectivity index (χ3v) is 6.29. The Morgan fingerprint density at radius 2 is 1.84 bits per heavy atom. The monoisotopic (exact) mass is 384 g/mol. The summed E-state index contributed by atoms with van der Waals surface area (Å²) in [6, 6.07) is 6.26. The maximum absolute atomic E-state index is 12.7. The second kappa shape index (κ2) is 7.82. The highest BCUT2D eigenvalue weighted by atomic mass is 35.5. The summed E-state index contributed by atoms with van der Waals surface area (Å²) in [4.78, 5) is 6.75. The van der Waals surface area contributed by atoms with Crippen LogP contribution < -0.4 is 0 Å². The predicted octanol–water partition coefficient (Wildman–Crippen LogP) is 2.18. The number of aromatic nitrogens is 2. The zero-order chi connectivity index (χ0) is 17.9. The minimum absolute atomic E-state index is 0.270. The molecule has 0 spiro atoms. The summed E-state index contributed by atoms with van der Waals surface area (Å²) in [6.45, 7) is 4.72. The first kappa shape index (κ1) is 18.3. The van der Waals surface area contributed by atoms with Gasteiger partial charge in [-0.3, -0.25) is 4.90 Å². The van der Waals surface area contributed by atoms with E-state index < -0.39 is 10.0 Å². The van der Waals surface area contributed by atoms with E-state index in [-0.39, 0.29) is 4.90 Å². The van der Waals surface area contributed by atoms with E-state index in [1.807, 2.05) is 0 Å². The molecule has 0 saturated carbocycles. The van der Waals surface area contributed by atoms with Gasteiger partial charge < -0.3 is 4.52 Å². The van der Waals surface area contributed by atoms with Crippen molar-refractivity contribution in [3.8, 4) is 0 Å². The van der Waals surface area contributed by atoms with Crippen LogP contribution in [0.15, 0.2) is 33.7 Å². The lowest BCUT2D eigenvalue weighted by Gasteiger charge is -2.33. The molecule has 1 aliphatic rings. The van der Waals surface area contributed by atoms with Crippen molar-refractivity contribution in [2.75, 3.05) is 26.2 Å². The first-order valence-electron chi connectivity index (χ1n) is 8.28. The summed E-state index contributed by atoms with van der Waals surface area (Å²) in [6.07, 6.45) is 1.77. The van der Waals surface area contributed by atoms with E-state index in [0.717, 1.165) is 18.7 Å². The van der Waals surface area contributed by atoms with Gasteiger partial charge in [0.25, 0.3) is 0 Å². The van der Waals surface area contributed by atoms with Gasteiger partial charge >= 0.3 is 0 Å². The van der Waals surface area contributed by atoms with E-state index >= 15 is 0 Å². The molecular weight excluding hydrogens is 364 g/mol. The number of sulfonamides is 1. The molecule has 136 valence electrons. The number of benzene rings is 1. The Hall–Kier alpha value is -1.48. The van der Waals surface area contributed by atoms with Crippen LogP contribution in [0.3, 0.4) is 0 Å². The van der Waals surface area contributed by atoms with E-state index in [2.05, 4.69) is 22.0 Å². The van der Waals surface area contributed by atoms with E-state index in [1.165, 1.54) is 16.4 Å². The van der Waals surface area contributed by atoms with Crippen molar-refractivity contribution in [3.05, 3.63) is 41.0 Å². The largest absolute Gasteiger partial charge is 0.338 e. The molecule has 2 aromatic rings. The minimum Gasteiger partial charge on any atom is -0.338 e. The van der Waals surface area contributed by atoms with Gasteiger partial charge in [-0.25, -0.2) is 8.42 Å². The van der Waals surface area contributed by atoms with Gasteiger partial charge in [0.05, 0.1) is 11.4 Å². The molecule has 1 aromatic heterocycles. The number of piperazine rings is 1. The highest BCUT2D eigenvalue weighted by molar-refractivity contribution is 7.89. The average molecular weight is 385 g/mol. The fourth-order valence-electron chi connectivity index (χ4n) is 2.75. The van der Waals surface area contributed by atoms with E-state index in [0.29, 0.717) is 43.6 Å². The van der Waals surface area contributed by atoms with Crippen molar-refractivity contribution in [2.24, 2.45) is 0 Å². The van der Waals surface area contributed by atoms with Crippen molar-refractivity contribution in [1.29, 1.82) is 0 Å². The lowest BCUT2D eigenvalue weighted by atomic mass is 10.3. The molecule has 0 aliphatic carbocycles. The van der Waals surface area contributed by atoms with Crippen molar-refractivity contribution >= 4 is 21.6 Å². The van der Waals surface area contributed by atoms with Gasteiger partial charge in [0.15, 0.2) is 5.82 Å². The van der Waals surface area contributed by atoms with Crippen molar-refractivity contribution in [3.63, 3.8) is 0 Å². The lowest BCUT2D eigenvalue weighted by molar-refractivity contribution is 0.163. The Bertz CT molecular complexity index is 799. The molecule has 0 amide bonds. The van der Waals surface area contributed by atoms with Crippen LogP contribution in [0.4, 0.5) is 0 Å². The summed E-state index contributed by atoms with van der Waals surface area (Å²) in [5.74, 6) is 1.30. The van der Waals surface area contributed by atoms with Crippen LogP contribution >= 0.6 is 11.6 Å². The fourth-order valence-corrected chi connectivity index (χ4v) is 4.30. The van der Waals surface area contributed by atoms with Crippen LogP contribution in [0, 0.1) is 0 Å². The van der Waals surface area contributed by atoms with Gasteiger partial charge in [-0.15, -0.1) is 0 Å². The third-order valence-electron chi connectivity index (χ3n) is 4.13. The first-order chi connectivity index (χ1) is 12.0. The molecule has 0 atom stereocenters. The molecule has 0 radical (unpaired) electrons. The normalized spacial score (nSPS) is 17.0. The van der Waals surface area contributed by atoms with Gasteiger partial charge in [-0.1, -0.05) is 23.7 Å². The maximum atomic E-state index is 12.7. The fraction of sp³-hybridized carbons (Fsp3) is 0.500. The number of aryl methyl sites for hydroxylation is 1. The van der Waals surface area contributed by atoms with Crippen molar-refractivity contribution in [1.82, 2.24) is 19.3 Å². The number of hydrogen-bond acceptors (Lipinski definition) is 6.